The second-order valence-corrected chi connectivity index (χ2v) is 9.10. The summed E-state index contributed by atoms with van der Waals surface area (Å²) in [6.07, 6.45) is 12.2. The van der Waals surface area contributed by atoms with Gasteiger partial charge in [-0.3, -0.25) is 9.59 Å². The maximum absolute atomic E-state index is 14.0. The van der Waals surface area contributed by atoms with Crippen molar-refractivity contribution < 1.29 is 13.8 Å². The average Bonchev–Trinajstić information content (AvgIpc) is 3.19. The lowest BCUT2D eigenvalue weighted by atomic mass is 10.0. The predicted molar refractivity (Wildman–Crippen MR) is 120 cm³/mol. The first-order valence-corrected chi connectivity index (χ1v) is 11.9. The monoisotopic (exact) mass is 430 g/mol. The van der Waals surface area contributed by atoms with Gasteiger partial charge in [-0.05, 0) is 49.5 Å². The molecule has 0 aromatic carbocycles. The van der Waals surface area contributed by atoms with Crippen LogP contribution in [0.2, 0.25) is 0 Å². The summed E-state index contributed by atoms with van der Waals surface area (Å²) in [5.41, 5.74) is 3.80. The molecule has 160 valence electrons. The number of aryl methyl sites for hydroxylation is 1. The molecular weight excluding hydrogens is 402 g/mol. The number of pyridine rings is 1. The van der Waals surface area contributed by atoms with E-state index in [1.165, 1.54) is 0 Å². The van der Waals surface area contributed by atoms with Crippen molar-refractivity contribution in [3.8, 4) is 0 Å². The van der Waals surface area contributed by atoms with Gasteiger partial charge < -0.3 is 15.2 Å². The van der Waals surface area contributed by atoms with Crippen molar-refractivity contribution in [2.75, 3.05) is 25.4 Å². The molecule has 2 heterocycles. The quantitative estimate of drug-likeness (QED) is 0.324. The number of aromatic nitrogens is 2. The molecule has 0 spiro atoms. The highest BCUT2D eigenvalue weighted by molar-refractivity contribution is 7.52. The lowest BCUT2D eigenvalue weighted by Crippen LogP contribution is -2.26. The molecule has 2 N–H and O–H groups in total. The largest absolute Gasteiger partial charge is 0.358 e. The van der Waals surface area contributed by atoms with Crippen LogP contribution >= 0.6 is 8.23 Å². The van der Waals surface area contributed by atoms with Crippen LogP contribution in [0.1, 0.15) is 31.7 Å². The number of rotatable bonds is 11. The Kier molecular flexibility index (Phi) is 8.14. The Hall–Kier alpha value is -2.53. The van der Waals surface area contributed by atoms with Crippen molar-refractivity contribution >= 4 is 37.3 Å². The third-order valence-corrected chi connectivity index (χ3v) is 6.49. The van der Waals surface area contributed by atoms with E-state index in [1.54, 1.807) is 0 Å². The lowest BCUT2D eigenvalue weighted by molar-refractivity contribution is -0.117. The first-order chi connectivity index (χ1) is 14.6. The number of halogens is 1. The molecule has 1 aliphatic carbocycles. The maximum Gasteiger partial charge on any atom is 0.247 e. The zero-order valence-corrected chi connectivity index (χ0v) is 18.1. The minimum Gasteiger partial charge on any atom is -0.358 e. The Morgan fingerprint density at radius 1 is 1.30 bits per heavy atom. The SMILES string of the molecule is CCCNC(=O)C1=CC=C(n2ccc3cc(CCP(F)CCNC=O)cnc32)CC1. The first-order valence-electron chi connectivity index (χ1n) is 10.3. The van der Waals surface area contributed by atoms with Crippen molar-refractivity contribution in [3.05, 3.63) is 47.8 Å². The average molecular weight is 430 g/mol. The van der Waals surface area contributed by atoms with Crippen LogP contribution in [0.3, 0.4) is 0 Å². The molecule has 0 aliphatic heterocycles. The highest BCUT2D eigenvalue weighted by Gasteiger charge is 2.16. The number of hydrogen-bond acceptors (Lipinski definition) is 3. The molecule has 0 saturated heterocycles. The normalized spacial score (nSPS) is 14.7. The molecule has 2 aromatic heterocycles. The van der Waals surface area contributed by atoms with Gasteiger partial charge >= 0.3 is 0 Å². The van der Waals surface area contributed by atoms with Crippen molar-refractivity contribution in [2.24, 2.45) is 0 Å². The van der Waals surface area contributed by atoms with E-state index in [0.29, 0.717) is 44.7 Å². The minimum absolute atomic E-state index is 0.0158. The van der Waals surface area contributed by atoms with Crippen molar-refractivity contribution in [1.29, 1.82) is 0 Å². The number of nitrogens with zero attached hydrogens (tertiary/aromatic N) is 2. The van der Waals surface area contributed by atoms with Gasteiger partial charge in [-0.1, -0.05) is 13.0 Å². The molecule has 3 rings (SSSR count). The number of nitrogens with one attached hydrogen (secondary N) is 2. The van der Waals surface area contributed by atoms with Gasteiger partial charge in [0.1, 0.15) is 5.65 Å². The van der Waals surface area contributed by atoms with E-state index in [1.807, 2.05) is 37.5 Å². The van der Waals surface area contributed by atoms with Crippen molar-refractivity contribution in [3.63, 3.8) is 0 Å². The van der Waals surface area contributed by atoms with Gasteiger partial charge in [0.15, 0.2) is 0 Å². The predicted octanol–water partition coefficient (Wildman–Crippen LogP) is 3.78. The van der Waals surface area contributed by atoms with Gasteiger partial charge in [0.05, 0.1) is 8.23 Å². The van der Waals surface area contributed by atoms with Crippen LogP contribution in [-0.4, -0.2) is 47.3 Å². The first kappa shape index (κ1) is 22.2. The maximum atomic E-state index is 14.0. The van der Waals surface area contributed by atoms with Gasteiger partial charge in [-0.25, -0.2) is 9.18 Å². The number of hydrogen-bond donors (Lipinski definition) is 2. The molecule has 0 radical (unpaired) electrons. The Balaban J connectivity index is 1.65. The third kappa shape index (κ3) is 5.76. The molecule has 0 saturated carbocycles. The van der Waals surface area contributed by atoms with Gasteiger partial charge in [-0.2, -0.15) is 0 Å². The smallest absolute Gasteiger partial charge is 0.247 e. The van der Waals surface area contributed by atoms with Crippen LogP contribution in [0.15, 0.2) is 42.3 Å². The van der Waals surface area contributed by atoms with E-state index in [0.717, 1.165) is 40.7 Å². The second-order valence-electron chi connectivity index (χ2n) is 7.28. The van der Waals surface area contributed by atoms with Crippen LogP contribution in [-0.2, 0) is 16.0 Å². The Morgan fingerprint density at radius 2 is 2.17 bits per heavy atom. The molecule has 0 fully saturated rings. The van der Waals surface area contributed by atoms with E-state index < -0.39 is 8.23 Å². The molecule has 2 aromatic rings. The van der Waals surface area contributed by atoms with E-state index in [9.17, 15) is 13.8 Å². The zero-order valence-electron chi connectivity index (χ0n) is 17.2. The Labute approximate surface area is 177 Å². The van der Waals surface area contributed by atoms with Gasteiger partial charge in [0.2, 0.25) is 12.3 Å². The number of fused-ring (bicyclic) bond motifs is 1. The third-order valence-electron chi connectivity index (χ3n) is 5.07. The number of amides is 2. The van der Waals surface area contributed by atoms with Crippen LogP contribution in [0.5, 0.6) is 0 Å². The molecule has 8 heteroatoms. The van der Waals surface area contributed by atoms with Crippen LogP contribution < -0.4 is 10.6 Å². The van der Waals surface area contributed by atoms with Gasteiger partial charge in [0.25, 0.3) is 0 Å². The highest BCUT2D eigenvalue weighted by atomic mass is 31.2. The zero-order chi connectivity index (χ0) is 21.3. The van der Waals surface area contributed by atoms with E-state index >= 15 is 0 Å². The molecular formula is C22H28FN4O2P. The summed E-state index contributed by atoms with van der Waals surface area (Å²) in [7, 11) is -1.58. The lowest BCUT2D eigenvalue weighted by Gasteiger charge is -2.16. The second kappa shape index (κ2) is 11.0. The fraction of sp³-hybridized carbons (Fsp3) is 0.409. The highest BCUT2D eigenvalue weighted by Crippen LogP contribution is 2.37. The molecule has 1 atom stereocenters. The summed E-state index contributed by atoms with van der Waals surface area (Å²) in [5, 5.41) is 6.45. The molecule has 1 unspecified atom stereocenters. The summed E-state index contributed by atoms with van der Waals surface area (Å²) in [6, 6.07) is 4.08. The molecule has 30 heavy (non-hydrogen) atoms. The van der Waals surface area contributed by atoms with Crippen molar-refractivity contribution in [1.82, 2.24) is 20.2 Å². The van der Waals surface area contributed by atoms with Crippen molar-refractivity contribution in [2.45, 2.75) is 32.6 Å². The summed E-state index contributed by atoms with van der Waals surface area (Å²) in [6.45, 7) is 3.12. The minimum atomic E-state index is -1.58. The summed E-state index contributed by atoms with van der Waals surface area (Å²) in [4.78, 5) is 27.0. The van der Waals surface area contributed by atoms with E-state index in [-0.39, 0.29) is 5.91 Å². The Morgan fingerprint density at radius 3 is 2.90 bits per heavy atom. The topological polar surface area (TPSA) is 76.0 Å². The molecule has 2 amide bonds. The number of carbonyl (C=O) groups is 2. The summed E-state index contributed by atoms with van der Waals surface area (Å²) >= 11 is 0. The number of allylic oxidation sites excluding steroid dienone is 3. The van der Waals surface area contributed by atoms with E-state index in [4.69, 9.17) is 0 Å². The summed E-state index contributed by atoms with van der Waals surface area (Å²) < 4.78 is 16.0. The van der Waals surface area contributed by atoms with Crippen LogP contribution in [0, 0.1) is 0 Å². The van der Waals surface area contributed by atoms with E-state index in [2.05, 4.69) is 26.3 Å². The Bertz CT molecular complexity index is 954. The van der Waals surface area contributed by atoms with Crippen LogP contribution in [0.25, 0.3) is 16.7 Å². The molecule has 0 bridgehead atoms. The number of carbonyl (C=O) groups excluding carboxylic acids is 2. The van der Waals surface area contributed by atoms with Gasteiger partial charge in [-0.15, -0.1) is 0 Å². The standard InChI is InChI=1S/C22H28FN4O2P/c1-2-9-25-22(29)18-3-5-20(6-4-18)27-11-7-19-14-17(15-26-21(19)27)8-12-30(23)13-10-24-16-28/h3,5,7,11,14-16H,2,4,6,8-10,12-13H2,1H3,(H,24,28)(H,25,29). The summed E-state index contributed by atoms with van der Waals surface area (Å²) in [5.74, 6) is 0.0158. The molecule has 6 nitrogen and oxygen atoms in total. The van der Waals surface area contributed by atoms with Gasteiger partial charge in [0, 0.05) is 54.5 Å². The van der Waals surface area contributed by atoms with Crippen LogP contribution in [0.4, 0.5) is 4.20 Å². The molecule has 1 aliphatic rings. The fourth-order valence-electron chi connectivity index (χ4n) is 3.41. The fourth-order valence-corrected chi connectivity index (χ4v) is 4.51.